The van der Waals surface area contributed by atoms with Crippen LogP contribution < -0.4 is 9.47 Å². The summed E-state index contributed by atoms with van der Waals surface area (Å²) in [4.78, 5) is 30.3. The molecule has 1 heterocycles. The molecule has 0 atom stereocenters. The van der Waals surface area contributed by atoms with Crippen molar-refractivity contribution in [2.45, 2.75) is 86.2 Å². The van der Waals surface area contributed by atoms with Crippen molar-refractivity contribution in [3.8, 4) is 11.5 Å². The molecule has 0 amide bonds. The Morgan fingerprint density at radius 3 is 2.07 bits per heavy atom. The first kappa shape index (κ1) is 29.4. The summed E-state index contributed by atoms with van der Waals surface area (Å²) in [6.45, 7) is 14.0. The average molecular weight is 576 g/mol. The molecule has 1 aliphatic heterocycles. The van der Waals surface area contributed by atoms with E-state index in [-0.39, 0.29) is 22.4 Å². The second-order valence-corrected chi connectivity index (χ2v) is 13.9. The van der Waals surface area contributed by atoms with Crippen molar-refractivity contribution >= 4 is 23.2 Å². The summed E-state index contributed by atoms with van der Waals surface area (Å²) in [5, 5.41) is 0.402. The Balaban J connectivity index is 1.65. The number of halogens is 1. The van der Waals surface area contributed by atoms with E-state index < -0.39 is 5.92 Å². The molecule has 0 unspecified atom stereocenters. The van der Waals surface area contributed by atoms with E-state index >= 15 is 0 Å². The summed E-state index contributed by atoms with van der Waals surface area (Å²) >= 11 is 6.90. The van der Waals surface area contributed by atoms with Crippen LogP contribution in [0.1, 0.15) is 89.3 Å². The monoisotopic (exact) mass is 575 g/mol. The molecule has 2 aliphatic carbocycles. The molecule has 41 heavy (non-hydrogen) atoms. The van der Waals surface area contributed by atoms with Crippen LogP contribution in [0.15, 0.2) is 58.9 Å². The van der Waals surface area contributed by atoms with Gasteiger partial charge in [0.25, 0.3) is 0 Å². The predicted octanol–water partition coefficient (Wildman–Crippen LogP) is 8.33. The van der Waals surface area contributed by atoms with Gasteiger partial charge in [-0.2, -0.15) is 0 Å². The van der Waals surface area contributed by atoms with Crippen LogP contribution in [0.3, 0.4) is 0 Å². The van der Waals surface area contributed by atoms with Gasteiger partial charge in [0.1, 0.15) is 6.61 Å². The highest BCUT2D eigenvalue weighted by atomic mass is 35.5. The molecule has 2 aromatic carbocycles. The topological polar surface area (TPSA) is 55.8 Å². The number of allylic oxidation sites excluding steroid dienone is 4. The third kappa shape index (κ3) is 5.70. The number of hydrogen-bond acceptors (Lipinski definition) is 5. The van der Waals surface area contributed by atoms with Crippen LogP contribution in [0.5, 0.6) is 11.5 Å². The average Bonchev–Trinajstić information content (AvgIpc) is 2.87. The zero-order valence-electron chi connectivity index (χ0n) is 25.4. The highest BCUT2D eigenvalue weighted by Crippen LogP contribution is 2.55. The number of rotatable bonds is 7. The van der Waals surface area contributed by atoms with Crippen molar-refractivity contribution in [2.75, 3.05) is 13.7 Å². The summed E-state index contributed by atoms with van der Waals surface area (Å²) in [5.41, 5.74) is 6.31. The molecule has 0 N–H and O–H groups in total. The number of carbonyl (C=O) groups excluding carboxylic acids is 2. The first-order chi connectivity index (χ1) is 19.3. The second kappa shape index (κ2) is 11.0. The standard InChI is InChI=1S/C35H42ClNO4/c1-8-12-37-25-16-34(3,4)18-27(38)31(25)30(32-26(37)17-35(5,6)19-28(32)39)23-14-24(36)33(29(15-23)40-7)41-20-22-11-9-10-21(2)13-22/h9-11,13-15,30H,8,12,16-20H2,1-7H3. The van der Waals surface area contributed by atoms with E-state index in [0.29, 0.717) is 36.0 Å². The van der Waals surface area contributed by atoms with Gasteiger partial charge in [0.05, 0.1) is 12.1 Å². The number of ether oxygens (including phenoxy) is 2. The maximum atomic E-state index is 14.0. The normalized spacial score (nSPS) is 20.2. The molecule has 0 spiro atoms. The highest BCUT2D eigenvalue weighted by molar-refractivity contribution is 6.32. The molecule has 5 nitrogen and oxygen atoms in total. The Morgan fingerprint density at radius 1 is 0.927 bits per heavy atom. The summed E-state index contributed by atoms with van der Waals surface area (Å²) in [5.74, 6) is 0.700. The summed E-state index contributed by atoms with van der Waals surface area (Å²) in [7, 11) is 1.59. The molecule has 0 saturated heterocycles. The van der Waals surface area contributed by atoms with Crippen LogP contribution in [-0.2, 0) is 16.2 Å². The van der Waals surface area contributed by atoms with Crippen molar-refractivity contribution in [3.05, 3.63) is 80.7 Å². The van der Waals surface area contributed by atoms with Crippen molar-refractivity contribution in [3.63, 3.8) is 0 Å². The zero-order valence-corrected chi connectivity index (χ0v) is 26.2. The molecule has 0 fully saturated rings. The lowest BCUT2D eigenvalue weighted by Crippen LogP contribution is -2.44. The number of Topliss-reactive ketones (excluding diaryl/α,β-unsaturated/α-hetero) is 2. The van der Waals surface area contributed by atoms with E-state index in [9.17, 15) is 9.59 Å². The fraction of sp³-hybridized carbons (Fsp3) is 0.486. The molecule has 0 radical (unpaired) electrons. The Hall–Kier alpha value is -3.05. The molecule has 6 heteroatoms. The van der Waals surface area contributed by atoms with Crippen molar-refractivity contribution in [1.29, 1.82) is 0 Å². The SMILES string of the molecule is CCCN1C2=C(C(=O)CC(C)(C)C2)C(c2cc(Cl)c(OCc3cccc(C)c3)c(OC)c2)C2=C1CC(C)(C)CC2=O. The molecule has 3 aliphatic rings. The minimum absolute atomic E-state index is 0.112. The fourth-order valence-electron chi connectivity index (χ4n) is 6.88. The van der Waals surface area contributed by atoms with E-state index in [1.807, 2.05) is 37.3 Å². The molecule has 218 valence electrons. The van der Waals surface area contributed by atoms with Gasteiger partial charge < -0.3 is 14.4 Å². The van der Waals surface area contributed by atoms with Gasteiger partial charge in [-0.05, 0) is 60.3 Å². The highest BCUT2D eigenvalue weighted by Gasteiger charge is 2.49. The third-order valence-electron chi connectivity index (χ3n) is 8.52. The Kier molecular flexibility index (Phi) is 7.88. The Labute approximate surface area is 249 Å². The smallest absolute Gasteiger partial charge is 0.180 e. The lowest BCUT2D eigenvalue weighted by Gasteiger charge is -2.49. The second-order valence-electron chi connectivity index (χ2n) is 13.5. The van der Waals surface area contributed by atoms with Gasteiger partial charge in [-0.1, -0.05) is 76.0 Å². The van der Waals surface area contributed by atoms with Gasteiger partial charge >= 0.3 is 0 Å². The molecular weight excluding hydrogens is 534 g/mol. The lowest BCUT2D eigenvalue weighted by molar-refractivity contribution is -0.119. The number of aryl methyl sites for hydroxylation is 1. The van der Waals surface area contributed by atoms with Crippen LogP contribution in [0.2, 0.25) is 5.02 Å². The van der Waals surface area contributed by atoms with Crippen LogP contribution in [-0.4, -0.2) is 30.1 Å². The molecule has 2 aromatic rings. The van der Waals surface area contributed by atoms with Gasteiger partial charge in [0, 0.05) is 47.8 Å². The minimum Gasteiger partial charge on any atom is -0.493 e. The van der Waals surface area contributed by atoms with Gasteiger partial charge in [-0.3, -0.25) is 9.59 Å². The van der Waals surface area contributed by atoms with E-state index in [4.69, 9.17) is 21.1 Å². The maximum absolute atomic E-state index is 14.0. The Morgan fingerprint density at radius 2 is 1.54 bits per heavy atom. The van der Waals surface area contributed by atoms with Crippen LogP contribution >= 0.6 is 11.6 Å². The van der Waals surface area contributed by atoms with Gasteiger partial charge in [0.2, 0.25) is 0 Å². The number of nitrogens with zero attached hydrogens (tertiary/aromatic N) is 1. The largest absolute Gasteiger partial charge is 0.493 e. The molecule has 0 bridgehead atoms. The van der Waals surface area contributed by atoms with E-state index in [1.54, 1.807) is 7.11 Å². The molecule has 0 saturated carbocycles. The number of ketones is 2. The minimum atomic E-state index is -0.475. The zero-order chi connectivity index (χ0) is 29.7. The first-order valence-corrected chi connectivity index (χ1v) is 15.1. The van der Waals surface area contributed by atoms with Crippen LogP contribution in [0.25, 0.3) is 0 Å². The summed E-state index contributed by atoms with van der Waals surface area (Å²) in [6, 6.07) is 11.9. The Bertz CT molecular complexity index is 1410. The van der Waals surface area contributed by atoms with E-state index in [0.717, 1.165) is 65.0 Å². The third-order valence-corrected chi connectivity index (χ3v) is 8.80. The van der Waals surface area contributed by atoms with E-state index in [2.05, 4.69) is 45.6 Å². The quantitative estimate of drug-likeness (QED) is 0.332. The fourth-order valence-corrected chi connectivity index (χ4v) is 7.15. The number of hydrogen-bond donors (Lipinski definition) is 0. The summed E-state index contributed by atoms with van der Waals surface area (Å²) < 4.78 is 12.0. The van der Waals surface area contributed by atoms with Crippen LogP contribution in [0.4, 0.5) is 0 Å². The van der Waals surface area contributed by atoms with E-state index in [1.165, 1.54) is 0 Å². The van der Waals surface area contributed by atoms with Crippen molar-refractivity contribution in [2.24, 2.45) is 10.8 Å². The first-order valence-electron chi connectivity index (χ1n) is 14.7. The molecule has 0 aromatic heterocycles. The summed E-state index contributed by atoms with van der Waals surface area (Å²) in [6.07, 6.45) is 3.41. The van der Waals surface area contributed by atoms with Crippen molar-refractivity contribution < 1.29 is 19.1 Å². The number of carbonyl (C=O) groups is 2. The predicted molar refractivity (Wildman–Crippen MR) is 163 cm³/mol. The maximum Gasteiger partial charge on any atom is 0.180 e. The number of benzene rings is 2. The van der Waals surface area contributed by atoms with Gasteiger partial charge in [-0.15, -0.1) is 0 Å². The van der Waals surface area contributed by atoms with Gasteiger partial charge in [0.15, 0.2) is 23.1 Å². The van der Waals surface area contributed by atoms with Crippen molar-refractivity contribution in [1.82, 2.24) is 4.90 Å². The van der Waals surface area contributed by atoms with Crippen LogP contribution in [0, 0.1) is 17.8 Å². The molecular formula is C35H42ClNO4. The number of methoxy groups -OCH3 is 1. The lowest BCUT2D eigenvalue weighted by atomic mass is 9.63. The van der Waals surface area contributed by atoms with Gasteiger partial charge in [-0.25, -0.2) is 0 Å². The molecule has 5 rings (SSSR count).